The van der Waals surface area contributed by atoms with Gasteiger partial charge in [0.15, 0.2) is 0 Å². The summed E-state index contributed by atoms with van der Waals surface area (Å²) in [6.45, 7) is 0. The first-order chi connectivity index (χ1) is 12.7. The number of hydrogen-bond acceptors (Lipinski definition) is 5. The van der Waals surface area contributed by atoms with Crippen LogP contribution in [0.2, 0.25) is 0 Å². The van der Waals surface area contributed by atoms with Gasteiger partial charge in [-0.25, -0.2) is 4.98 Å². The molecule has 0 saturated carbocycles. The molecule has 1 aliphatic carbocycles. The Morgan fingerprint density at radius 3 is 2.81 bits per heavy atom. The predicted octanol–water partition coefficient (Wildman–Crippen LogP) is 3.23. The largest absolute Gasteiger partial charge is 0.391 e. The lowest BCUT2D eigenvalue weighted by molar-refractivity contribution is 0.224. The number of nitriles is 1. The molecule has 0 spiro atoms. The van der Waals surface area contributed by atoms with Crippen LogP contribution < -0.4 is 0 Å². The van der Waals surface area contributed by atoms with E-state index >= 15 is 0 Å². The van der Waals surface area contributed by atoms with Crippen molar-refractivity contribution in [3.8, 4) is 6.07 Å². The van der Waals surface area contributed by atoms with Gasteiger partial charge < -0.3 is 5.11 Å². The van der Waals surface area contributed by atoms with Crippen molar-refractivity contribution in [2.24, 2.45) is 0 Å². The molecule has 4 nitrogen and oxygen atoms in total. The zero-order valence-corrected chi connectivity index (χ0v) is 16.2. The molecule has 2 atom stereocenters. The van der Waals surface area contributed by atoms with Crippen LogP contribution in [0.5, 0.6) is 0 Å². The van der Waals surface area contributed by atoms with Gasteiger partial charge in [0, 0.05) is 28.0 Å². The molecule has 0 radical (unpaired) electrons. The molecule has 0 bridgehead atoms. The quantitative estimate of drug-likeness (QED) is 0.740. The second kappa shape index (κ2) is 9.31. The fraction of sp³-hybridized carbons (Fsp3) is 0.400. The highest BCUT2D eigenvalue weighted by Crippen LogP contribution is 2.27. The molecule has 0 saturated heterocycles. The Morgan fingerprint density at radius 2 is 2.04 bits per heavy atom. The number of pyridine rings is 1. The molecule has 2 aromatic rings. The van der Waals surface area contributed by atoms with Gasteiger partial charge in [-0.05, 0) is 42.9 Å². The zero-order chi connectivity index (χ0) is 18.4. The normalized spacial score (nSPS) is 15.7. The monoisotopic (exact) mass is 386 g/mol. The average molecular weight is 387 g/mol. The Kier molecular flexibility index (Phi) is 6.84. The molecule has 1 aromatic carbocycles. The third-order valence-electron chi connectivity index (χ3n) is 4.35. The lowest BCUT2D eigenvalue weighted by atomic mass is 9.95. The molecule has 1 heterocycles. The van der Waals surface area contributed by atoms with Crippen molar-refractivity contribution >= 4 is 22.6 Å². The smallest absolute Gasteiger partial charge is 0.114 e. The maximum atomic E-state index is 12.2. The molecule has 136 valence electrons. The summed E-state index contributed by atoms with van der Waals surface area (Å²) in [4.78, 5) is 4.66. The van der Waals surface area contributed by atoms with Gasteiger partial charge in [0.05, 0.1) is 17.4 Å². The Morgan fingerprint density at radius 1 is 1.27 bits per heavy atom. The Hall–Kier alpha value is -1.68. The topological polar surface area (TPSA) is 74.0 Å². The Bertz CT molecular complexity index is 819. The van der Waals surface area contributed by atoms with Crippen LogP contribution in [-0.2, 0) is 29.4 Å². The summed E-state index contributed by atoms with van der Waals surface area (Å²) in [5, 5.41) is 20.3. The van der Waals surface area contributed by atoms with Gasteiger partial charge in [-0.15, -0.1) is 11.8 Å². The summed E-state index contributed by atoms with van der Waals surface area (Å²) in [5.74, 6) is 1.07. The summed E-state index contributed by atoms with van der Waals surface area (Å²) in [5.41, 5.74) is 3.85. The molecule has 26 heavy (non-hydrogen) atoms. The molecule has 1 aliphatic rings. The van der Waals surface area contributed by atoms with E-state index < -0.39 is 16.9 Å². The van der Waals surface area contributed by atoms with E-state index in [1.807, 2.05) is 36.4 Å². The first-order valence-corrected chi connectivity index (χ1v) is 11.3. The van der Waals surface area contributed by atoms with Crippen LogP contribution in [0.25, 0.3) is 0 Å². The highest BCUT2D eigenvalue weighted by Gasteiger charge is 2.17. The van der Waals surface area contributed by atoms with E-state index in [9.17, 15) is 14.6 Å². The van der Waals surface area contributed by atoms with Gasteiger partial charge in [0.25, 0.3) is 0 Å². The maximum absolute atomic E-state index is 12.2. The van der Waals surface area contributed by atoms with Crippen molar-refractivity contribution in [1.82, 2.24) is 4.98 Å². The summed E-state index contributed by atoms with van der Waals surface area (Å²) in [7, 11) is -1.12. The first-order valence-electron chi connectivity index (χ1n) is 8.78. The van der Waals surface area contributed by atoms with Gasteiger partial charge in [0.1, 0.15) is 11.1 Å². The molecular formula is C20H22N2O2S2. The van der Waals surface area contributed by atoms with Gasteiger partial charge in [-0.3, -0.25) is 4.21 Å². The Balaban J connectivity index is 1.56. The number of rotatable bonds is 7. The maximum Gasteiger partial charge on any atom is 0.114 e. The standard InChI is InChI=1S/C20H22N2O2S2/c21-11-17-10-16-8-4-5-9-19(16)22-20(17)25-12-18(23)14-26(24)13-15-6-2-1-3-7-15/h1-3,6-7,10,18,23H,4-5,8-9,12-14H2/t18-,26+/m1/s1. The van der Waals surface area contributed by atoms with Crippen molar-refractivity contribution in [2.75, 3.05) is 11.5 Å². The molecule has 6 heteroatoms. The predicted molar refractivity (Wildman–Crippen MR) is 105 cm³/mol. The minimum Gasteiger partial charge on any atom is -0.391 e. The van der Waals surface area contributed by atoms with Gasteiger partial charge in [-0.1, -0.05) is 30.3 Å². The van der Waals surface area contributed by atoms with Crippen LogP contribution in [0.3, 0.4) is 0 Å². The van der Waals surface area contributed by atoms with Crippen LogP contribution >= 0.6 is 11.8 Å². The molecule has 1 N–H and O–H groups in total. The molecule has 3 rings (SSSR count). The highest BCUT2D eigenvalue weighted by molar-refractivity contribution is 7.99. The van der Waals surface area contributed by atoms with Crippen LogP contribution in [-0.4, -0.2) is 31.9 Å². The summed E-state index contributed by atoms with van der Waals surface area (Å²) < 4.78 is 12.2. The van der Waals surface area contributed by atoms with Crippen LogP contribution in [0.1, 0.15) is 35.2 Å². The Labute approximate surface area is 161 Å². The van der Waals surface area contributed by atoms with E-state index in [0.29, 0.717) is 22.1 Å². The van der Waals surface area contributed by atoms with Crippen LogP contribution in [0.15, 0.2) is 41.4 Å². The number of fused-ring (bicyclic) bond motifs is 1. The molecule has 1 aromatic heterocycles. The summed E-state index contributed by atoms with van der Waals surface area (Å²) in [6.07, 6.45) is 3.55. The number of aryl methyl sites for hydroxylation is 2. The molecule has 0 amide bonds. The number of benzene rings is 1. The average Bonchev–Trinajstić information content (AvgIpc) is 2.66. The fourth-order valence-corrected chi connectivity index (χ4v) is 5.34. The van der Waals surface area contributed by atoms with Crippen molar-refractivity contribution in [2.45, 2.75) is 42.6 Å². The van der Waals surface area contributed by atoms with E-state index in [2.05, 4.69) is 11.1 Å². The van der Waals surface area contributed by atoms with E-state index in [1.54, 1.807) is 0 Å². The number of hydrogen-bond donors (Lipinski definition) is 1. The minimum atomic E-state index is -1.12. The second-order valence-corrected chi connectivity index (χ2v) is 8.98. The molecule has 0 fully saturated rings. The van der Waals surface area contributed by atoms with E-state index in [1.165, 1.54) is 17.3 Å². The number of aromatic nitrogens is 1. The molecule has 0 unspecified atom stereocenters. The summed E-state index contributed by atoms with van der Waals surface area (Å²) >= 11 is 1.38. The molecular weight excluding hydrogens is 364 g/mol. The third-order valence-corrected chi connectivity index (χ3v) is 6.90. The highest BCUT2D eigenvalue weighted by atomic mass is 32.2. The lowest BCUT2D eigenvalue weighted by Crippen LogP contribution is -2.20. The van der Waals surface area contributed by atoms with Crippen molar-refractivity contribution in [3.63, 3.8) is 0 Å². The lowest BCUT2D eigenvalue weighted by Gasteiger charge is -2.17. The van der Waals surface area contributed by atoms with Gasteiger partial charge in [0.2, 0.25) is 0 Å². The number of aliphatic hydroxyl groups is 1. The van der Waals surface area contributed by atoms with E-state index in [4.69, 9.17) is 0 Å². The van der Waals surface area contributed by atoms with E-state index in [-0.39, 0.29) is 5.75 Å². The van der Waals surface area contributed by atoms with Gasteiger partial charge >= 0.3 is 0 Å². The summed E-state index contributed by atoms with van der Waals surface area (Å²) in [6, 6.07) is 13.8. The van der Waals surface area contributed by atoms with Crippen molar-refractivity contribution in [1.29, 1.82) is 5.26 Å². The minimum absolute atomic E-state index is 0.231. The number of thioether (sulfide) groups is 1. The van der Waals surface area contributed by atoms with Crippen LogP contribution in [0, 0.1) is 11.3 Å². The van der Waals surface area contributed by atoms with Gasteiger partial charge in [-0.2, -0.15) is 5.26 Å². The first kappa shape index (κ1) is 19.1. The van der Waals surface area contributed by atoms with E-state index in [0.717, 1.165) is 36.9 Å². The number of aliphatic hydroxyl groups excluding tert-OH is 1. The third kappa shape index (κ3) is 5.16. The molecule has 0 aliphatic heterocycles. The fourth-order valence-electron chi connectivity index (χ4n) is 3.06. The zero-order valence-electron chi connectivity index (χ0n) is 14.6. The number of nitrogens with zero attached hydrogens (tertiary/aromatic N) is 2. The van der Waals surface area contributed by atoms with Crippen molar-refractivity contribution < 1.29 is 9.32 Å². The van der Waals surface area contributed by atoms with Crippen molar-refractivity contribution in [3.05, 3.63) is 58.8 Å². The SMILES string of the molecule is N#Cc1cc2c(nc1SC[C@@H](O)C[S@@](=O)Cc1ccccc1)CCCC2. The second-order valence-electron chi connectivity index (χ2n) is 6.47. The van der Waals surface area contributed by atoms with Crippen LogP contribution in [0.4, 0.5) is 0 Å².